The summed E-state index contributed by atoms with van der Waals surface area (Å²) < 4.78 is 22.5. The van der Waals surface area contributed by atoms with E-state index in [-0.39, 0.29) is 10.7 Å². The summed E-state index contributed by atoms with van der Waals surface area (Å²) >= 11 is 1.26. The van der Waals surface area contributed by atoms with E-state index in [1.807, 2.05) is 0 Å². The summed E-state index contributed by atoms with van der Waals surface area (Å²) in [5, 5.41) is 2.12. The largest absolute Gasteiger partial charge is 0.286 e. The fraction of sp³-hybridized carbons (Fsp3) is 0.0909. The molecule has 0 unspecified atom stereocenters. The number of sulfone groups is 1. The number of ketones is 1. The summed E-state index contributed by atoms with van der Waals surface area (Å²) in [4.78, 5) is 16.0. The Labute approximate surface area is 103 Å². The SMILES string of the molecule is CS(=O)(=O)c1ccc(C(=O)c2nccs2)cc1. The number of aromatic nitrogens is 1. The maximum absolute atomic E-state index is 11.9. The van der Waals surface area contributed by atoms with Gasteiger partial charge in [0.15, 0.2) is 14.8 Å². The number of rotatable bonds is 3. The first-order valence-corrected chi connectivity index (χ1v) is 7.50. The Balaban J connectivity index is 2.34. The highest BCUT2D eigenvalue weighted by Gasteiger charge is 2.13. The lowest BCUT2D eigenvalue weighted by Gasteiger charge is -2.00. The van der Waals surface area contributed by atoms with Gasteiger partial charge in [-0.25, -0.2) is 13.4 Å². The summed E-state index contributed by atoms with van der Waals surface area (Å²) in [5.41, 5.74) is 0.437. The molecule has 1 aromatic carbocycles. The molecular formula is C11H9NO3S2. The van der Waals surface area contributed by atoms with Gasteiger partial charge in [-0.3, -0.25) is 4.79 Å². The highest BCUT2D eigenvalue weighted by molar-refractivity contribution is 7.90. The first-order chi connectivity index (χ1) is 7.98. The molecule has 0 amide bonds. The van der Waals surface area contributed by atoms with Crippen molar-refractivity contribution in [1.29, 1.82) is 0 Å². The number of thiazole rings is 1. The molecule has 0 aliphatic carbocycles. The van der Waals surface area contributed by atoms with Gasteiger partial charge in [-0.1, -0.05) is 0 Å². The van der Waals surface area contributed by atoms with Crippen molar-refractivity contribution in [1.82, 2.24) is 4.98 Å². The molecule has 0 N–H and O–H groups in total. The molecule has 2 rings (SSSR count). The molecule has 0 saturated carbocycles. The second-order valence-electron chi connectivity index (χ2n) is 3.46. The number of hydrogen-bond donors (Lipinski definition) is 0. The van der Waals surface area contributed by atoms with E-state index < -0.39 is 9.84 Å². The second-order valence-corrected chi connectivity index (χ2v) is 6.37. The van der Waals surface area contributed by atoms with Crippen molar-refractivity contribution in [2.75, 3.05) is 6.26 Å². The first kappa shape index (κ1) is 11.9. The molecule has 0 fully saturated rings. The molecular weight excluding hydrogens is 258 g/mol. The van der Waals surface area contributed by atoms with E-state index in [9.17, 15) is 13.2 Å². The standard InChI is InChI=1S/C11H9NO3S2/c1-17(14,15)9-4-2-8(3-5-9)10(13)11-12-6-7-16-11/h2-7H,1H3. The van der Waals surface area contributed by atoms with Gasteiger partial charge in [-0.15, -0.1) is 11.3 Å². The normalized spacial score (nSPS) is 11.4. The maximum atomic E-state index is 11.9. The van der Waals surface area contributed by atoms with Crippen LogP contribution < -0.4 is 0 Å². The van der Waals surface area contributed by atoms with Gasteiger partial charge in [0.05, 0.1) is 4.90 Å². The van der Waals surface area contributed by atoms with E-state index in [1.54, 1.807) is 11.6 Å². The molecule has 0 aliphatic heterocycles. The van der Waals surface area contributed by atoms with Crippen LogP contribution in [0.1, 0.15) is 15.4 Å². The van der Waals surface area contributed by atoms with Gasteiger partial charge in [0.1, 0.15) is 0 Å². The van der Waals surface area contributed by atoms with Gasteiger partial charge < -0.3 is 0 Å². The summed E-state index contributed by atoms with van der Waals surface area (Å²) in [6, 6.07) is 5.85. The van der Waals surface area contributed by atoms with Gasteiger partial charge in [0, 0.05) is 23.4 Å². The second kappa shape index (κ2) is 4.38. The van der Waals surface area contributed by atoms with Crippen LogP contribution in [-0.2, 0) is 9.84 Å². The van der Waals surface area contributed by atoms with Crippen molar-refractivity contribution < 1.29 is 13.2 Å². The zero-order chi connectivity index (χ0) is 12.5. The number of carbonyl (C=O) groups is 1. The number of carbonyl (C=O) groups excluding carboxylic acids is 1. The predicted octanol–water partition coefficient (Wildman–Crippen LogP) is 1.78. The lowest BCUT2D eigenvalue weighted by Crippen LogP contribution is -2.02. The monoisotopic (exact) mass is 267 g/mol. The van der Waals surface area contributed by atoms with Gasteiger partial charge in [-0.05, 0) is 24.3 Å². The Morgan fingerprint density at radius 2 is 1.88 bits per heavy atom. The summed E-state index contributed by atoms with van der Waals surface area (Å²) in [5.74, 6) is -0.194. The molecule has 1 aromatic heterocycles. The van der Waals surface area contributed by atoms with E-state index in [2.05, 4.69) is 4.98 Å². The molecule has 17 heavy (non-hydrogen) atoms. The topological polar surface area (TPSA) is 64.1 Å². The van der Waals surface area contributed by atoms with Crippen LogP contribution in [0.4, 0.5) is 0 Å². The van der Waals surface area contributed by atoms with Gasteiger partial charge in [0.25, 0.3) is 0 Å². The fourth-order valence-corrected chi connectivity index (χ4v) is 2.54. The van der Waals surface area contributed by atoms with Crippen LogP contribution in [0, 0.1) is 0 Å². The maximum Gasteiger partial charge on any atom is 0.221 e. The zero-order valence-electron chi connectivity index (χ0n) is 8.95. The van der Waals surface area contributed by atoms with Crippen LogP contribution in [0.25, 0.3) is 0 Å². The molecule has 4 nitrogen and oxygen atoms in total. The molecule has 1 heterocycles. The Morgan fingerprint density at radius 3 is 2.35 bits per heavy atom. The van der Waals surface area contributed by atoms with Crippen LogP contribution in [0.2, 0.25) is 0 Å². The molecule has 88 valence electrons. The third kappa shape index (κ3) is 2.59. The number of hydrogen-bond acceptors (Lipinski definition) is 5. The molecule has 0 spiro atoms. The van der Waals surface area contributed by atoms with Crippen LogP contribution in [-0.4, -0.2) is 25.4 Å². The van der Waals surface area contributed by atoms with Crippen molar-refractivity contribution in [3.8, 4) is 0 Å². The Hall–Kier alpha value is -1.53. The molecule has 0 saturated heterocycles. The van der Waals surface area contributed by atoms with Gasteiger partial charge >= 0.3 is 0 Å². The van der Waals surface area contributed by atoms with Crippen LogP contribution in [0.3, 0.4) is 0 Å². The minimum atomic E-state index is -3.22. The molecule has 0 aliphatic rings. The van der Waals surface area contributed by atoms with Crippen LogP contribution in [0.15, 0.2) is 40.7 Å². The smallest absolute Gasteiger partial charge is 0.221 e. The Morgan fingerprint density at radius 1 is 1.24 bits per heavy atom. The third-order valence-corrected chi connectivity index (χ3v) is 4.07. The lowest BCUT2D eigenvalue weighted by molar-refractivity contribution is 0.103. The van der Waals surface area contributed by atoms with Gasteiger partial charge in [0.2, 0.25) is 5.78 Å². The average Bonchev–Trinajstić information content (AvgIpc) is 2.80. The van der Waals surface area contributed by atoms with E-state index in [0.29, 0.717) is 10.6 Å². The highest BCUT2D eigenvalue weighted by atomic mass is 32.2. The molecule has 0 atom stereocenters. The van der Waals surface area contributed by atoms with Gasteiger partial charge in [-0.2, -0.15) is 0 Å². The lowest BCUT2D eigenvalue weighted by atomic mass is 10.1. The molecule has 0 bridgehead atoms. The van der Waals surface area contributed by atoms with Crippen LogP contribution >= 0.6 is 11.3 Å². The molecule has 0 radical (unpaired) electrons. The summed E-state index contributed by atoms with van der Waals surface area (Å²) in [6.45, 7) is 0. The number of benzene rings is 1. The fourth-order valence-electron chi connectivity index (χ4n) is 1.31. The Kier molecular flexibility index (Phi) is 3.08. The molecule has 2 aromatic rings. The van der Waals surface area contributed by atoms with E-state index in [1.165, 1.54) is 35.6 Å². The van der Waals surface area contributed by atoms with Crippen molar-refractivity contribution in [2.45, 2.75) is 4.90 Å². The van der Waals surface area contributed by atoms with E-state index in [4.69, 9.17) is 0 Å². The quantitative estimate of drug-likeness (QED) is 0.795. The minimum Gasteiger partial charge on any atom is -0.286 e. The van der Waals surface area contributed by atoms with Crippen molar-refractivity contribution in [3.05, 3.63) is 46.4 Å². The van der Waals surface area contributed by atoms with Crippen LogP contribution in [0.5, 0.6) is 0 Å². The summed E-state index contributed by atoms with van der Waals surface area (Å²) in [6.07, 6.45) is 2.69. The van der Waals surface area contributed by atoms with Crippen molar-refractivity contribution in [3.63, 3.8) is 0 Å². The average molecular weight is 267 g/mol. The zero-order valence-corrected chi connectivity index (χ0v) is 10.6. The predicted molar refractivity (Wildman–Crippen MR) is 65.1 cm³/mol. The first-order valence-electron chi connectivity index (χ1n) is 4.73. The van der Waals surface area contributed by atoms with Crippen molar-refractivity contribution >= 4 is 27.0 Å². The number of nitrogens with zero attached hydrogens (tertiary/aromatic N) is 1. The Bertz CT molecular complexity index is 628. The van der Waals surface area contributed by atoms with E-state index >= 15 is 0 Å². The third-order valence-electron chi connectivity index (χ3n) is 2.17. The van der Waals surface area contributed by atoms with E-state index in [0.717, 1.165) is 6.26 Å². The summed E-state index contributed by atoms with van der Waals surface area (Å²) in [7, 11) is -3.22. The molecule has 6 heteroatoms. The highest BCUT2D eigenvalue weighted by Crippen LogP contribution is 2.15. The minimum absolute atomic E-state index is 0.194. The van der Waals surface area contributed by atoms with Crippen molar-refractivity contribution in [2.24, 2.45) is 0 Å².